The number of hydrogen-bond donors (Lipinski definition) is 1. The Bertz CT molecular complexity index is 327. The molecule has 0 aliphatic rings. The fraction of sp³-hybridized carbons (Fsp3) is 0.400. The largest absolute Gasteiger partial charge is 0.469 e. The van der Waals surface area contributed by atoms with Gasteiger partial charge in [-0.3, -0.25) is 9.78 Å². The van der Waals surface area contributed by atoms with Gasteiger partial charge in [-0.05, 0) is 12.1 Å². The standard InChI is InChI=1S/C10H13ClN2O2/c1-15-10(14)4-7(5-12)9-3-2-8(11)6-13-9/h2-3,6-7H,4-5,12H2,1H3. The van der Waals surface area contributed by atoms with Crippen LogP contribution in [0, 0.1) is 0 Å². The Kier molecular flexibility index (Phi) is 4.52. The minimum Gasteiger partial charge on any atom is -0.469 e. The van der Waals surface area contributed by atoms with Gasteiger partial charge in [-0.25, -0.2) is 0 Å². The molecule has 2 N–H and O–H groups in total. The number of hydrogen-bond acceptors (Lipinski definition) is 4. The van der Waals surface area contributed by atoms with Crippen LogP contribution in [0.3, 0.4) is 0 Å². The smallest absolute Gasteiger partial charge is 0.306 e. The Hall–Kier alpha value is -1.13. The van der Waals surface area contributed by atoms with Crippen molar-refractivity contribution in [1.82, 2.24) is 4.98 Å². The van der Waals surface area contributed by atoms with Gasteiger partial charge in [-0.15, -0.1) is 0 Å². The van der Waals surface area contributed by atoms with Gasteiger partial charge in [-0.2, -0.15) is 0 Å². The van der Waals surface area contributed by atoms with E-state index in [0.717, 1.165) is 5.69 Å². The fourth-order valence-electron chi connectivity index (χ4n) is 1.22. The van der Waals surface area contributed by atoms with Gasteiger partial charge in [0, 0.05) is 24.4 Å². The molecule has 1 rings (SSSR count). The summed E-state index contributed by atoms with van der Waals surface area (Å²) >= 11 is 5.71. The molecule has 0 saturated heterocycles. The van der Waals surface area contributed by atoms with Crippen molar-refractivity contribution >= 4 is 17.6 Å². The molecule has 0 spiro atoms. The van der Waals surface area contributed by atoms with Crippen molar-refractivity contribution in [3.05, 3.63) is 29.0 Å². The predicted molar refractivity (Wildman–Crippen MR) is 57.7 cm³/mol. The number of carbonyl (C=O) groups excluding carboxylic acids is 1. The first-order chi connectivity index (χ1) is 7.17. The number of carbonyl (C=O) groups is 1. The van der Waals surface area contributed by atoms with E-state index in [0.29, 0.717) is 11.6 Å². The van der Waals surface area contributed by atoms with Gasteiger partial charge in [0.1, 0.15) is 0 Å². The molecule has 1 heterocycles. The number of halogens is 1. The highest BCUT2D eigenvalue weighted by Crippen LogP contribution is 2.18. The topological polar surface area (TPSA) is 65.2 Å². The monoisotopic (exact) mass is 228 g/mol. The third-order valence-electron chi connectivity index (χ3n) is 2.09. The lowest BCUT2D eigenvalue weighted by molar-refractivity contribution is -0.141. The molecule has 0 bridgehead atoms. The first-order valence-electron chi connectivity index (χ1n) is 4.55. The third-order valence-corrected chi connectivity index (χ3v) is 2.32. The van der Waals surface area contributed by atoms with E-state index in [4.69, 9.17) is 17.3 Å². The van der Waals surface area contributed by atoms with E-state index in [1.54, 1.807) is 12.1 Å². The zero-order valence-electron chi connectivity index (χ0n) is 8.44. The lowest BCUT2D eigenvalue weighted by Gasteiger charge is -2.12. The van der Waals surface area contributed by atoms with E-state index in [9.17, 15) is 4.79 Å². The molecule has 0 aliphatic carbocycles. The van der Waals surface area contributed by atoms with Gasteiger partial charge in [0.05, 0.1) is 18.6 Å². The van der Waals surface area contributed by atoms with Gasteiger partial charge < -0.3 is 10.5 Å². The first kappa shape index (κ1) is 11.9. The molecule has 82 valence electrons. The maximum Gasteiger partial charge on any atom is 0.306 e. The van der Waals surface area contributed by atoms with Crippen LogP contribution in [-0.2, 0) is 9.53 Å². The molecule has 1 aromatic heterocycles. The lowest BCUT2D eigenvalue weighted by atomic mass is 10.0. The molecule has 0 aromatic carbocycles. The lowest BCUT2D eigenvalue weighted by Crippen LogP contribution is -2.18. The molecule has 0 radical (unpaired) electrons. The molecule has 0 amide bonds. The molecule has 1 aromatic rings. The van der Waals surface area contributed by atoms with E-state index < -0.39 is 0 Å². The van der Waals surface area contributed by atoms with Crippen LogP contribution in [0.2, 0.25) is 5.02 Å². The molecule has 4 nitrogen and oxygen atoms in total. The fourth-order valence-corrected chi connectivity index (χ4v) is 1.33. The molecule has 0 aliphatic heterocycles. The predicted octanol–water partition coefficient (Wildman–Crippen LogP) is 1.34. The number of nitrogens with zero attached hydrogens (tertiary/aromatic N) is 1. The summed E-state index contributed by atoms with van der Waals surface area (Å²) in [6, 6.07) is 3.49. The summed E-state index contributed by atoms with van der Waals surface area (Å²) in [5, 5.41) is 0.563. The van der Waals surface area contributed by atoms with Crippen LogP contribution >= 0.6 is 11.6 Å². The molecule has 0 fully saturated rings. The average molecular weight is 229 g/mol. The van der Waals surface area contributed by atoms with Crippen molar-refractivity contribution in [2.45, 2.75) is 12.3 Å². The van der Waals surface area contributed by atoms with Crippen LogP contribution < -0.4 is 5.73 Å². The number of esters is 1. The Morgan fingerprint density at radius 3 is 2.87 bits per heavy atom. The number of pyridine rings is 1. The average Bonchev–Trinajstić information content (AvgIpc) is 2.27. The van der Waals surface area contributed by atoms with Crippen LogP contribution in [0.15, 0.2) is 18.3 Å². The maximum atomic E-state index is 11.1. The van der Waals surface area contributed by atoms with Crippen molar-refractivity contribution in [3.8, 4) is 0 Å². The van der Waals surface area contributed by atoms with Crippen molar-refractivity contribution in [3.63, 3.8) is 0 Å². The van der Waals surface area contributed by atoms with Gasteiger partial charge in [0.15, 0.2) is 0 Å². The molecular weight excluding hydrogens is 216 g/mol. The second kappa shape index (κ2) is 5.68. The molecule has 1 atom stereocenters. The minimum atomic E-state index is -0.290. The van der Waals surface area contributed by atoms with E-state index in [2.05, 4.69) is 9.72 Å². The highest BCUT2D eigenvalue weighted by atomic mass is 35.5. The number of methoxy groups -OCH3 is 1. The third kappa shape index (κ3) is 3.49. The summed E-state index contributed by atoms with van der Waals surface area (Å²) in [7, 11) is 1.35. The zero-order chi connectivity index (χ0) is 11.3. The van der Waals surface area contributed by atoms with Crippen molar-refractivity contribution in [2.75, 3.05) is 13.7 Å². The highest BCUT2D eigenvalue weighted by molar-refractivity contribution is 6.30. The SMILES string of the molecule is COC(=O)CC(CN)c1ccc(Cl)cn1. The second-order valence-electron chi connectivity index (χ2n) is 3.11. The van der Waals surface area contributed by atoms with Crippen molar-refractivity contribution < 1.29 is 9.53 Å². The molecule has 0 saturated carbocycles. The number of aromatic nitrogens is 1. The van der Waals surface area contributed by atoms with E-state index in [1.165, 1.54) is 13.3 Å². The first-order valence-corrected chi connectivity index (χ1v) is 4.93. The van der Waals surface area contributed by atoms with Crippen LogP contribution in [-0.4, -0.2) is 24.6 Å². The number of nitrogens with two attached hydrogens (primary N) is 1. The Labute approximate surface area is 93.4 Å². The number of ether oxygens (including phenoxy) is 1. The Balaban J connectivity index is 2.74. The van der Waals surface area contributed by atoms with Crippen LogP contribution in [0.4, 0.5) is 0 Å². The summed E-state index contributed by atoms with van der Waals surface area (Å²) in [6.07, 6.45) is 1.78. The second-order valence-corrected chi connectivity index (χ2v) is 3.55. The summed E-state index contributed by atoms with van der Waals surface area (Å²) in [4.78, 5) is 15.2. The number of rotatable bonds is 4. The summed E-state index contributed by atoms with van der Waals surface area (Å²) in [5.41, 5.74) is 6.32. The Morgan fingerprint density at radius 1 is 1.67 bits per heavy atom. The van der Waals surface area contributed by atoms with E-state index in [-0.39, 0.29) is 18.3 Å². The molecular formula is C10H13ClN2O2. The van der Waals surface area contributed by atoms with Gasteiger partial charge in [0.25, 0.3) is 0 Å². The van der Waals surface area contributed by atoms with Crippen LogP contribution in [0.5, 0.6) is 0 Å². The quantitative estimate of drug-likeness (QED) is 0.790. The van der Waals surface area contributed by atoms with E-state index >= 15 is 0 Å². The molecule has 1 unspecified atom stereocenters. The van der Waals surface area contributed by atoms with Gasteiger partial charge in [-0.1, -0.05) is 11.6 Å². The summed E-state index contributed by atoms with van der Waals surface area (Å²) in [6.45, 7) is 0.351. The molecule has 15 heavy (non-hydrogen) atoms. The summed E-state index contributed by atoms with van der Waals surface area (Å²) < 4.78 is 4.58. The van der Waals surface area contributed by atoms with Crippen LogP contribution in [0.25, 0.3) is 0 Å². The van der Waals surface area contributed by atoms with Crippen molar-refractivity contribution in [1.29, 1.82) is 0 Å². The van der Waals surface area contributed by atoms with Crippen LogP contribution in [0.1, 0.15) is 18.0 Å². The summed E-state index contributed by atoms with van der Waals surface area (Å²) in [5.74, 6) is -0.406. The molecule has 5 heteroatoms. The Morgan fingerprint density at radius 2 is 2.40 bits per heavy atom. The van der Waals surface area contributed by atoms with Gasteiger partial charge >= 0.3 is 5.97 Å². The van der Waals surface area contributed by atoms with Gasteiger partial charge in [0.2, 0.25) is 0 Å². The van der Waals surface area contributed by atoms with Crippen molar-refractivity contribution in [2.24, 2.45) is 5.73 Å². The zero-order valence-corrected chi connectivity index (χ0v) is 9.20. The normalized spacial score (nSPS) is 12.2. The minimum absolute atomic E-state index is 0.116. The highest BCUT2D eigenvalue weighted by Gasteiger charge is 2.15. The van der Waals surface area contributed by atoms with E-state index in [1.807, 2.05) is 0 Å². The maximum absolute atomic E-state index is 11.1.